The molecule has 1 aromatic carbocycles. The van der Waals surface area contributed by atoms with Crippen LogP contribution in [0.1, 0.15) is 30.2 Å². The summed E-state index contributed by atoms with van der Waals surface area (Å²) < 4.78 is 36.9. The van der Waals surface area contributed by atoms with Gasteiger partial charge in [0.2, 0.25) is 5.89 Å². The highest BCUT2D eigenvalue weighted by molar-refractivity contribution is 5.50. The van der Waals surface area contributed by atoms with Gasteiger partial charge in [-0.3, -0.25) is 4.98 Å². The minimum Gasteiger partial charge on any atom is -0.486 e. The monoisotopic (exact) mass is 342 g/mol. The number of nitrogens with zero attached hydrogens (tertiary/aromatic N) is 4. The Bertz CT molecular complexity index is 917. The minimum absolute atomic E-state index is 0.0944. The Morgan fingerprint density at radius 1 is 1.28 bits per heavy atom. The summed E-state index contributed by atoms with van der Waals surface area (Å²) in [4.78, 5) is 4.19. The van der Waals surface area contributed by atoms with Gasteiger partial charge < -0.3 is 9.15 Å². The van der Waals surface area contributed by atoms with E-state index in [1.807, 2.05) is 6.07 Å². The first-order valence-electron chi connectivity index (χ1n) is 7.32. The first kappa shape index (κ1) is 16.5. The van der Waals surface area contributed by atoms with E-state index in [1.54, 1.807) is 12.1 Å². The fourth-order valence-electron chi connectivity index (χ4n) is 2.02. The number of halogens is 2. The number of rotatable bonds is 5. The Morgan fingerprint density at radius 2 is 2.12 bits per heavy atom. The predicted molar refractivity (Wildman–Crippen MR) is 82.5 cm³/mol. The van der Waals surface area contributed by atoms with E-state index in [2.05, 4.69) is 15.2 Å². The summed E-state index contributed by atoms with van der Waals surface area (Å²) in [6.45, 7) is 1.40. The van der Waals surface area contributed by atoms with Crippen LogP contribution in [0.15, 0.2) is 40.9 Å². The van der Waals surface area contributed by atoms with Crippen LogP contribution in [-0.4, -0.2) is 15.2 Å². The van der Waals surface area contributed by atoms with Gasteiger partial charge in [0.05, 0.1) is 16.8 Å². The topological polar surface area (TPSA) is 84.8 Å². The van der Waals surface area contributed by atoms with E-state index in [0.29, 0.717) is 11.3 Å². The van der Waals surface area contributed by atoms with Gasteiger partial charge in [-0.05, 0) is 37.3 Å². The van der Waals surface area contributed by atoms with Gasteiger partial charge in [0.25, 0.3) is 5.89 Å². The van der Waals surface area contributed by atoms with Crippen molar-refractivity contribution in [2.45, 2.75) is 19.7 Å². The molecule has 0 bridgehead atoms. The predicted octanol–water partition coefficient (Wildman–Crippen LogP) is 3.75. The van der Waals surface area contributed by atoms with Crippen LogP contribution in [0.5, 0.6) is 5.75 Å². The average molecular weight is 342 g/mol. The van der Waals surface area contributed by atoms with Crippen molar-refractivity contribution in [1.82, 2.24) is 15.2 Å². The lowest BCUT2D eigenvalue weighted by Crippen LogP contribution is -2.00. The molecule has 0 fully saturated rings. The van der Waals surface area contributed by atoms with Crippen LogP contribution in [0.25, 0.3) is 11.5 Å². The van der Waals surface area contributed by atoms with Gasteiger partial charge >= 0.3 is 0 Å². The molecule has 0 radical (unpaired) electrons. The van der Waals surface area contributed by atoms with Crippen LogP contribution in [0, 0.1) is 17.1 Å². The lowest BCUT2D eigenvalue weighted by molar-refractivity contribution is 0.299. The Hall–Kier alpha value is -3.34. The Kier molecular flexibility index (Phi) is 4.66. The third-order valence-corrected chi connectivity index (χ3v) is 3.29. The van der Waals surface area contributed by atoms with Gasteiger partial charge in [-0.25, -0.2) is 8.78 Å². The molecule has 0 saturated heterocycles. The Labute approximate surface area is 141 Å². The maximum Gasteiger partial charge on any atom is 0.250 e. The van der Waals surface area contributed by atoms with Crippen molar-refractivity contribution in [1.29, 1.82) is 5.26 Å². The minimum atomic E-state index is -1.34. The third kappa shape index (κ3) is 3.77. The molecule has 0 aliphatic rings. The third-order valence-electron chi connectivity index (χ3n) is 3.29. The van der Waals surface area contributed by atoms with Crippen molar-refractivity contribution >= 4 is 0 Å². The fourth-order valence-corrected chi connectivity index (χ4v) is 2.02. The SMILES string of the molecule is CC(F)c1nnc(-c2ccc(COc3ccc(F)cc3C#N)nc2)o1. The summed E-state index contributed by atoms with van der Waals surface area (Å²) >= 11 is 0. The van der Waals surface area contributed by atoms with Gasteiger partial charge in [-0.1, -0.05) is 0 Å². The van der Waals surface area contributed by atoms with Crippen molar-refractivity contribution in [3.63, 3.8) is 0 Å². The van der Waals surface area contributed by atoms with E-state index >= 15 is 0 Å². The molecule has 0 saturated carbocycles. The maximum absolute atomic E-state index is 13.1. The molecule has 126 valence electrons. The van der Waals surface area contributed by atoms with Crippen LogP contribution in [0.2, 0.25) is 0 Å². The summed E-state index contributed by atoms with van der Waals surface area (Å²) in [7, 11) is 0. The second-order valence-electron chi connectivity index (χ2n) is 5.14. The molecule has 0 aliphatic heterocycles. The number of aromatic nitrogens is 3. The normalized spacial score (nSPS) is 11.8. The maximum atomic E-state index is 13.1. The van der Waals surface area contributed by atoms with Crippen LogP contribution in [-0.2, 0) is 6.61 Å². The van der Waals surface area contributed by atoms with E-state index in [1.165, 1.54) is 25.3 Å². The molecule has 8 heteroatoms. The summed E-state index contributed by atoms with van der Waals surface area (Å²) in [5.41, 5.74) is 1.23. The quantitative estimate of drug-likeness (QED) is 0.702. The highest BCUT2D eigenvalue weighted by atomic mass is 19.1. The fraction of sp³-hybridized carbons (Fsp3) is 0.176. The average Bonchev–Trinajstić information content (AvgIpc) is 3.11. The number of nitriles is 1. The summed E-state index contributed by atoms with van der Waals surface area (Å²) in [5, 5.41) is 16.4. The molecule has 2 aromatic heterocycles. The Balaban J connectivity index is 1.70. The van der Waals surface area contributed by atoms with Crippen molar-refractivity contribution in [3.05, 3.63) is 59.5 Å². The molecule has 1 atom stereocenters. The largest absolute Gasteiger partial charge is 0.486 e. The second kappa shape index (κ2) is 7.05. The second-order valence-corrected chi connectivity index (χ2v) is 5.14. The van der Waals surface area contributed by atoms with Crippen LogP contribution in [0.3, 0.4) is 0 Å². The first-order valence-corrected chi connectivity index (χ1v) is 7.32. The molecular formula is C17H12F2N4O2. The van der Waals surface area contributed by atoms with Gasteiger partial charge in [-0.15, -0.1) is 10.2 Å². The van der Waals surface area contributed by atoms with Crippen LogP contribution in [0.4, 0.5) is 8.78 Å². The standard InChI is InChI=1S/C17H12F2N4O2/c1-10(18)16-22-23-17(25-16)11-2-4-14(21-8-11)9-24-15-5-3-13(19)6-12(15)7-20/h2-6,8,10H,9H2,1H3. The van der Waals surface area contributed by atoms with E-state index in [-0.39, 0.29) is 29.7 Å². The highest BCUT2D eigenvalue weighted by Gasteiger charge is 2.14. The zero-order chi connectivity index (χ0) is 17.8. The zero-order valence-corrected chi connectivity index (χ0v) is 13.1. The molecule has 25 heavy (non-hydrogen) atoms. The van der Waals surface area contributed by atoms with Crippen molar-refractivity contribution < 1.29 is 17.9 Å². The van der Waals surface area contributed by atoms with Crippen molar-refractivity contribution in [2.24, 2.45) is 0 Å². The smallest absolute Gasteiger partial charge is 0.250 e. The molecular weight excluding hydrogens is 330 g/mol. The highest BCUT2D eigenvalue weighted by Crippen LogP contribution is 2.23. The summed E-state index contributed by atoms with van der Waals surface area (Å²) in [6, 6.07) is 8.93. The van der Waals surface area contributed by atoms with Crippen LogP contribution >= 0.6 is 0 Å². The molecule has 6 nitrogen and oxygen atoms in total. The number of hydrogen-bond acceptors (Lipinski definition) is 6. The first-order chi connectivity index (χ1) is 12.1. The summed E-state index contributed by atoms with van der Waals surface area (Å²) in [5.74, 6) is -0.159. The van der Waals surface area contributed by atoms with Crippen molar-refractivity contribution in [3.8, 4) is 23.3 Å². The molecule has 0 spiro atoms. The van der Waals surface area contributed by atoms with E-state index in [9.17, 15) is 8.78 Å². The molecule has 0 amide bonds. The molecule has 1 unspecified atom stereocenters. The van der Waals surface area contributed by atoms with Crippen LogP contribution < -0.4 is 4.74 Å². The molecule has 3 rings (SSSR count). The molecule has 0 N–H and O–H groups in total. The summed E-state index contributed by atoms with van der Waals surface area (Å²) in [6.07, 6.45) is 0.154. The van der Waals surface area contributed by atoms with Gasteiger partial charge in [0.1, 0.15) is 24.2 Å². The van der Waals surface area contributed by atoms with E-state index in [4.69, 9.17) is 14.4 Å². The number of hydrogen-bond donors (Lipinski definition) is 0. The van der Waals surface area contributed by atoms with Gasteiger partial charge in [0, 0.05) is 6.20 Å². The lowest BCUT2D eigenvalue weighted by atomic mass is 10.2. The van der Waals surface area contributed by atoms with Crippen molar-refractivity contribution in [2.75, 3.05) is 0 Å². The van der Waals surface area contributed by atoms with E-state index < -0.39 is 12.0 Å². The number of pyridine rings is 1. The molecule has 3 aromatic rings. The number of ether oxygens (including phenoxy) is 1. The zero-order valence-electron chi connectivity index (χ0n) is 13.1. The van der Waals surface area contributed by atoms with Gasteiger partial charge in [-0.2, -0.15) is 5.26 Å². The number of benzene rings is 1. The van der Waals surface area contributed by atoms with E-state index in [0.717, 1.165) is 6.07 Å². The van der Waals surface area contributed by atoms with Gasteiger partial charge in [0.15, 0.2) is 6.17 Å². The Morgan fingerprint density at radius 3 is 2.76 bits per heavy atom. The number of alkyl halides is 1. The lowest BCUT2D eigenvalue weighted by Gasteiger charge is -2.07. The molecule has 2 heterocycles. The molecule has 0 aliphatic carbocycles.